The van der Waals surface area contributed by atoms with Crippen molar-refractivity contribution < 1.29 is 23.0 Å². The predicted molar refractivity (Wildman–Crippen MR) is 101 cm³/mol. The van der Waals surface area contributed by atoms with Crippen molar-refractivity contribution in [1.29, 1.82) is 0 Å². The van der Waals surface area contributed by atoms with Gasteiger partial charge in [-0.15, -0.1) is 0 Å². The first-order chi connectivity index (χ1) is 13.6. The van der Waals surface area contributed by atoms with E-state index in [0.717, 1.165) is 49.1 Å². The largest absolute Gasteiger partial charge is 0.486 e. The number of hydrogen-bond acceptors (Lipinski definition) is 3. The first kappa shape index (κ1) is 18.5. The summed E-state index contributed by atoms with van der Waals surface area (Å²) in [6.45, 7) is 1.42. The standard InChI is InChI=1S/C21H22F2N2O3/c22-15-4-3-5-16(23)19(15)25-20(26)24-13-21(8-1-2-9-21)14-6-7-17-18(12-14)28-11-10-27-17/h3-7,12H,1-2,8-11,13H2,(H2,24,25,26). The fourth-order valence-corrected chi connectivity index (χ4v) is 4.02. The van der Waals surface area contributed by atoms with Gasteiger partial charge in [-0.3, -0.25) is 0 Å². The molecule has 7 heteroatoms. The summed E-state index contributed by atoms with van der Waals surface area (Å²) in [5.74, 6) is -0.174. The minimum atomic E-state index is -0.808. The average molecular weight is 388 g/mol. The van der Waals surface area contributed by atoms with Gasteiger partial charge in [-0.25, -0.2) is 13.6 Å². The highest BCUT2D eigenvalue weighted by Crippen LogP contribution is 2.43. The molecular formula is C21H22F2N2O3. The number of rotatable bonds is 4. The van der Waals surface area contributed by atoms with Crippen LogP contribution in [0.5, 0.6) is 11.5 Å². The van der Waals surface area contributed by atoms with Gasteiger partial charge in [0.05, 0.1) is 0 Å². The molecule has 4 rings (SSSR count). The Balaban J connectivity index is 1.49. The highest BCUT2D eigenvalue weighted by molar-refractivity contribution is 5.89. The zero-order chi connectivity index (χ0) is 19.6. The lowest BCUT2D eigenvalue weighted by molar-refractivity contribution is 0.171. The molecule has 1 fully saturated rings. The number of carbonyl (C=O) groups excluding carboxylic acids is 1. The van der Waals surface area contributed by atoms with Gasteiger partial charge in [0.2, 0.25) is 0 Å². The lowest BCUT2D eigenvalue weighted by Gasteiger charge is -2.31. The van der Waals surface area contributed by atoms with E-state index in [4.69, 9.17) is 9.47 Å². The van der Waals surface area contributed by atoms with E-state index in [1.807, 2.05) is 18.2 Å². The molecule has 2 aliphatic rings. The fourth-order valence-electron chi connectivity index (χ4n) is 4.02. The maximum Gasteiger partial charge on any atom is 0.319 e. The summed E-state index contributed by atoms with van der Waals surface area (Å²) in [5.41, 5.74) is 0.396. The molecule has 2 amide bonds. The van der Waals surface area contributed by atoms with Crippen LogP contribution < -0.4 is 20.1 Å². The van der Waals surface area contributed by atoms with Crippen molar-refractivity contribution in [1.82, 2.24) is 5.32 Å². The monoisotopic (exact) mass is 388 g/mol. The van der Waals surface area contributed by atoms with Crippen molar-refractivity contribution in [3.63, 3.8) is 0 Å². The lowest BCUT2D eigenvalue weighted by Crippen LogP contribution is -2.41. The maximum absolute atomic E-state index is 13.7. The zero-order valence-corrected chi connectivity index (χ0v) is 15.4. The number of urea groups is 1. The van der Waals surface area contributed by atoms with Gasteiger partial charge >= 0.3 is 6.03 Å². The first-order valence-corrected chi connectivity index (χ1v) is 9.46. The minimum Gasteiger partial charge on any atom is -0.486 e. The van der Waals surface area contributed by atoms with Gasteiger partial charge in [0.15, 0.2) is 11.5 Å². The van der Waals surface area contributed by atoms with Gasteiger partial charge in [-0.1, -0.05) is 25.0 Å². The van der Waals surface area contributed by atoms with Crippen LogP contribution in [0.4, 0.5) is 19.3 Å². The number of halogens is 2. The summed E-state index contributed by atoms with van der Waals surface area (Å²) < 4.78 is 38.8. The van der Waals surface area contributed by atoms with Gasteiger partial charge in [0, 0.05) is 12.0 Å². The van der Waals surface area contributed by atoms with E-state index in [9.17, 15) is 13.6 Å². The minimum absolute atomic E-state index is 0.235. The second kappa shape index (κ2) is 7.66. The highest BCUT2D eigenvalue weighted by atomic mass is 19.1. The van der Waals surface area contributed by atoms with E-state index in [1.165, 1.54) is 6.07 Å². The molecule has 0 atom stereocenters. The van der Waals surface area contributed by atoms with Crippen LogP contribution >= 0.6 is 0 Å². The van der Waals surface area contributed by atoms with E-state index >= 15 is 0 Å². The highest BCUT2D eigenvalue weighted by Gasteiger charge is 2.37. The number of fused-ring (bicyclic) bond motifs is 1. The second-order valence-electron chi connectivity index (χ2n) is 7.25. The molecule has 0 aromatic heterocycles. The Labute approximate surface area is 162 Å². The molecule has 2 N–H and O–H groups in total. The molecule has 1 heterocycles. The number of nitrogens with one attached hydrogen (secondary N) is 2. The van der Waals surface area contributed by atoms with Crippen LogP contribution in [0, 0.1) is 11.6 Å². The first-order valence-electron chi connectivity index (χ1n) is 9.46. The lowest BCUT2D eigenvalue weighted by atomic mass is 9.78. The van der Waals surface area contributed by atoms with Crippen LogP contribution in [0.2, 0.25) is 0 Å². The zero-order valence-electron chi connectivity index (χ0n) is 15.4. The molecule has 1 aliphatic carbocycles. The van der Waals surface area contributed by atoms with Gasteiger partial charge in [-0.05, 0) is 42.7 Å². The molecule has 1 saturated carbocycles. The summed E-state index contributed by atoms with van der Waals surface area (Å²) in [5, 5.41) is 5.07. The Bertz CT molecular complexity index is 862. The Morgan fingerprint density at radius 1 is 1.00 bits per heavy atom. The molecule has 28 heavy (non-hydrogen) atoms. The molecule has 0 bridgehead atoms. The smallest absolute Gasteiger partial charge is 0.319 e. The molecule has 5 nitrogen and oxygen atoms in total. The number of benzene rings is 2. The normalized spacial score (nSPS) is 17.2. The number of para-hydroxylation sites is 1. The topological polar surface area (TPSA) is 59.6 Å². The molecule has 0 radical (unpaired) electrons. The summed E-state index contributed by atoms with van der Waals surface area (Å²) in [6, 6.07) is 8.72. The number of ether oxygens (including phenoxy) is 2. The average Bonchev–Trinajstić information content (AvgIpc) is 3.19. The third-order valence-corrected chi connectivity index (χ3v) is 5.50. The van der Waals surface area contributed by atoms with Gasteiger partial charge in [0.25, 0.3) is 0 Å². The van der Waals surface area contributed by atoms with Gasteiger partial charge in [0.1, 0.15) is 30.5 Å². The van der Waals surface area contributed by atoms with E-state index < -0.39 is 23.4 Å². The van der Waals surface area contributed by atoms with E-state index in [2.05, 4.69) is 10.6 Å². The summed E-state index contributed by atoms with van der Waals surface area (Å²) in [7, 11) is 0. The fraction of sp³-hybridized carbons (Fsp3) is 0.381. The quantitative estimate of drug-likeness (QED) is 0.818. The van der Waals surface area contributed by atoms with Crippen LogP contribution in [0.15, 0.2) is 36.4 Å². The Hall–Kier alpha value is -2.83. The maximum atomic E-state index is 13.7. The van der Waals surface area contributed by atoms with Crippen LogP contribution in [-0.2, 0) is 5.41 Å². The number of anilines is 1. The number of hydrogen-bond donors (Lipinski definition) is 2. The van der Waals surface area contributed by atoms with Crippen molar-refractivity contribution in [3.05, 3.63) is 53.6 Å². The Kier molecular flexibility index (Phi) is 5.07. The third kappa shape index (κ3) is 3.61. The molecule has 0 unspecified atom stereocenters. The summed E-state index contributed by atoms with van der Waals surface area (Å²) in [4.78, 5) is 12.3. The Morgan fingerprint density at radius 2 is 1.68 bits per heavy atom. The van der Waals surface area contributed by atoms with E-state index in [-0.39, 0.29) is 5.41 Å². The molecular weight excluding hydrogens is 366 g/mol. The molecule has 0 saturated heterocycles. The molecule has 0 spiro atoms. The van der Waals surface area contributed by atoms with Crippen molar-refractivity contribution in [2.75, 3.05) is 25.1 Å². The van der Waals surface area contributed by atoms with Crippen LogP contribution in [0.3, 0.4) is 0 Å². The van der Waals surface area contributed by atoms with Crippen molar-refractivity contribution in [2.24, 2.45) is 0 Å². The van der Waals surface area contributed by atoms with E-state index in [1.54, 1.807) is 0 Å². The van der Waals surface area contributed by atoms with E-state index in [0.29, 0.717) is 25.5 Å². The van der Waals surface area contributed by atoms with Gasteiger partial charge < -0.3 is 20.1 Å². The van der Waals surface area contributed by atoms with Crippen molar-refractivity contribution in [2.45, 2.75) is 31.1 Å². The van der Waals surface area contributed by atoms with Crippen molar-refractivity contribution in [3.8, 4) is 11.5 Å². The summed E-state index contributed by atoms with van der Waals surface area (Å²) >= 11 is 0. The van der Waals surface area contributed by atoms with Crippen molar-refractivity contribution >= 4 is 11.7 Å². The summed E-state index contributed by atoms with van der Waals surface area (Å²) in [6.07, 6.45) is 3.95. The molecule has 1 aliphatic heterocycles. The van der Waals surface area contributed by atoms with Crippen LogP contribution in [0.25, 0.3) is 0 Å². The van der Waals surface area contributed by atoms with Crippen LogP contribution in [0.1, 0.15) is 31.2 Å². The number of carbonyl (C=O) groups is 1. The third-order valence-electron chi connectivity index (χ3n) is 5.50. The predicted octanol–water partition coefficient (Wildman–Crippen LogP) is 4.37. The van der Waals surface area contributed by atoms with Gasteiger partial charge in [-0.2, -0.15) is 0 Å². The number of amides is 2. The Morgan fingerprint density at radius 3 is 2.39 bits per heavy atom. The second-order valence-corrected chi connectivity index (χ2v) is 7.25. The SMILES string of the molecule is O=C(NCC1(c2ccc3c(c2)OCCO3)CCCC1)Nc1c(F)cccc1F. The molecule has 148 valence electrons. The van der Waals surface area contributed by atoms with Crippen LogP contribution in [-0.4, -0.2) is 25.8 Å². The molecule has 2 aromatic carbocycles. The molecule has 2 aromatic rings.